The van der Waals surface area contributed by atoms with Crippen molar-refractivity contribution in [3.05, 3.63) is 41.6 Å². The molecule has 24 heavy (non-hydrogen) atoms. The zero-order valence-corrected chi connectivity index (χ0v) is 15.0. The van der Waals surface area contributed by atoms with Crippen molar-refractivity contribution in [2.24, 2.45) is 0 Å². The summed E-state index contributed by atoms with van der Waals surface area (Å²) < 4.78 is 5.13. The number of carbonyl (C=O) groups excluding carboxylic acids is 1. The average molecular weight is 329 g/mol. The monoisotopic (exact) mass is 329 g/mol. The second-order valence-electron chi connectivity index (χ2n) is 5.66. The first-order valence-electron chi connectivity index (χ1n) is 8.36. The van der Waals surface area contributed by atoms with Gasteiger partial charge in [0, 0.05) is 19.3 Å². The number of benzene rings is 1. The minimum absolute atomic E-state index is 0.136. The highest BCUT2D eigenvalue weighted by Gasteiger charge is 2.15. The van der Waals surface area contributed by atoms with E-state index in [1.165, 1.54) is 0 Å². The highest BCUT2D eigenvalue weighted by molar-refractivity contribution is 5.97. The molecule has 0 aliphatic rings. The van der Waals surface area contributed by atoms with Crippen molar-refractivity contribution in [2.75, 3.05) is 20.2 Å². The molecule has 0 aliphatic heterocycles. The third-order valence-corrected chi connectivity index (χ3v) is 3.66. The van der Waals surface area contributed by atoms with Gasteiger partial charge in [-0.15, -0.1) is 0 Å². The summed E-state index contributed by atoms with van der Waals surface area (Å²) in [6, 6.07) is 9.33. The molecular weight excluding hydrogens is 302 g/mol. The molecule has 0 bridgehead atoms. The highest BCUT2D eigenvalue weighted by Crippen LogP contribution is 2.17. The van der Waals surface area contributed by atoms with E-state index in [1.54, 1.807) is 13.3 Å². The fourth-order valence-corrected chi connectivity index (χ4v) is 2.39. The van der Waals surface area contributed by atoms with E-state index in [4.69, 9.17) is 4.74 Å². The number of amides is 1. The van der Waals surface area contributed by atoms with Crippen LogP contribution < -0.4 is 10.1 Å². The molecule has 0 radical (unpaired) electrons. The minimum Gasteiger partial charge on any atom is -0.497 e. The van der Waals surface area contributed by atoms with Crippen molar-refractivity contribution in [1.82, 2.24) is 10.2 Å². The van der Waals surface area contributed by atoms with E-state index >= 15 is 0 Å². The normalized spacial score (nSPS) is 12.2. The molecule has 1 atom stereocenters. The quantitative estimate of drug-likeness (QED) is 0.557. The molecule has 5 heteroatoms. The molecule has 5 nitrogen and oxygen atoms in total. The van der Waals surface area contributed by atoms with Crippen LogP contribution in [0.5, 0.6) is 5.75 Å². The molecule has 0 fully saturated rings. The van der Waals surface area contributed by atoms with Crippen molar-refractivity contribution < 1.29 is 9.53 Å². The molecule has 0 spiro atoms. The topological polar surface area (TPSA) is 65.4 Å². The van der Waals surface area contributed by atoms with Crippen LogP contribution >= 0.6 is 0 Å². The Labute approximate surface area is 144 Å². The summed E-state index contributed by atoms with van der Waals surface area (Å²) in [7, 11) is 1.61. The molecule has 0 aliphatic carbocycles. The third-order valence-electron chi connectivity index (χ3n) is 3.66. The molecule has 1 rings (SSSR count). The number of ether oxygens (including phenoxy) is 1. The second kappa shape index (κ2) is 10.3. The van der Waals surface area contributed by atoms with Gasteiger partial charge in [-0.25, -0.2) is 0 Å². The van der Waals surface area contributed by atoms with E-state index in [-0.39, 0.29) is 17.5 Å². The number of nitrogens with zero attached hydrogens (tertiary/aromatic N) is 2. The van der Waals surface area contributed by atoms with Crippen molar-refractivity contribution in [3.63, 3.8) is 0 Å². The lowest BCUT2D eigenvalue weighted by Gasteiger charge is -2.20. The fourth-order valence-electron chi connectivity index (χ4n) is 2.39. The molecule has 0 heterocycles. The van der Waals surface area contributed by atoms with E-state index in [0.717, 1.165) is 37.2 Å². The molecule has 0 saturated carbocycles. The molecular formula is C19H27N3O2. The largest absolute Gasteiger partial charge is 0.497 e. The van der Waals surface area contributed by atoms with Crippen LogP contribution in [0, 0.1) is 11.3 Å². The van der Waals surface area contributed by atoms with E-state index in [0.29, 0.717) is 0 Å². The Kier molecular flexibility index (Phi) is 8.42. The number of rotatable bonds is 9. The molecule has 0 aromatic heterocycles. The fraction of sp³-hybridized carbons (Fsp3) is 0.474. The maximum atomic E-state index is 12.4. The van der Waals surface area contributed by atoms with E-state index in [1.807, 2.05) is 42.2 Å². The van der Waals surface area contributed by atoms with E-state index in [2.05, 4.69) is 19.2 Å². The Bertz CT molecular complexity index is 582. The summed E-state index contributed by atoms with van der Waals surface area (Å²) in [5.41, 5.74) is 1.10. The molecule has 1 N–H and O–H groups in total. The van der Waals surface area contributed by atoms with Crippen LogP contribution in [0.2, 0.25) is 0 Å². The van der Waals surface area contributed by atoms with Gasteiger partial charge in [-0.2, -0.15) is 5.26 Å². The number of methoxy groups -OCH3 is 1. The Morgan fingerprint density at radius 3 is 2.33 bits per heavy atom. The van der Waals surface area contributed by atoms with Crippen molar-refractivity contribution in [3.8, 4) is 11.8 Å². The van der Waals surface area contributed by atoms with Crippen molar-refractivity contribution >= 4 is 5.91 Å². The maximum absolute atomic E-state index is 12.4. The summed E-state index contributed by atoms with van der Waals surface area (Å²) in [6.07, 6.45) is 3.61. The van der Waals surface area contributed by atoms with Gasteiger partial charge >= 0.3 is 0 Å². The lowest BCUT2D eigenvalue weighted by atomic mass is 10.1. The Morgan fingerprint density at radius 2 is 1.88 bits per heavy atom. The Balaban J connectivity index is 2.79. The predicted octanol–water partition coefficient (Wildman–Crippen LogP) is 3.40. The molecule has 130 valence electrons. The van der Waals surface area contributed by atoms with Gasteiger partial charge in [0.2, 0.25) is 0 Å². The first-order chi connectivity index (χ1) is 11.5. The van der Waals surface area contributed by atoms with Gasteiger partial charge in [0.25, 0.3) is 5.91 Å². The first kappa shape index (κ1) is 19.6. The maximum Gasteiger partial charge on any atom is 0.263 e. The number of hydrogen-bond donors (Lipinski definition) is 1. The zero-order valence-electron chi connectivity index (χ0n) is 15.0. The highest BCUT2D eigenvalue weighted by atomic mass is 16.5. The standard InChI is InChI=1S/C19H27N3O2/c1-5-11-22(12-6-2)14-17(13-20)19(23)21-15(3)16-7-9-18(24-4)10-8-16/h7-10,14-15H,5-6,11-12H2,1-4H3,(H,21,23)/b17-14-. The van der Waals surface area contributed by atoms with Crippen LogP contribution in [0.1, 0.15) is 45.2 Å². The predicted molar refractivity (Wildman–Crippen MR) is 95.4 cm³/mol. The Morgan fingerprint density at radius 1 is 1.29 bits per heavy atom. The van der Waals surface area contributed by atoms with Gasteiger partial charge in [-0.1, -0.05) is 26.0 Å². The van der Waals surface area contributed by atoms with Gasteiger partial charge in [-0.05, 0) is 37.5 Å². The lowest BCUT2D eigenvalue weighted by molar-refractivity contribution is -0.117. The van der Waals surface area contributed by atoms with Crippen LogP contribution in [0.15, 0.2) is 36.0 Å². The van der Waals surface area contributed by atoms with Crippen LogP contribution in [0.4, 0.5) is 0 Å². The molecule has 0 saturated heterocycles. The van der Waals surface area contributed by atoms with Crippen molar-refractivity contribution in [1.29, 1.82) is 5.26 Å². The van der Waals surface area contributed by atoms with Gasteiger partial charge in [0.15, 0.2) is 0 Å². The third kappa shape index (κ3) is 5.96. The summed E-state index contributed by atoms with van der Waals surface area (Å²) in [6.45, 7) is 7.72. The van der Waals surface area contributed by atoms with Crippen LogP contribution in [0.3, 0.4) is 0 Å². The number of carbonyl (C=O) groups is 1. The average Bonchev–Trinajstić information content (AvgIpc) is 2.59. The number of nitrogens with one attached hydrogen (secondary N) is 1. The van der Waals surface area contributed by atoms with E-state index in [9.17, 15) is 10.1 Å². The van der Waals surface area contributed by atoms with Gasteiger partial charge in [0.1, 0.15) is 17.4 Å². The van der Waals surface area contributed by atoms with E-state index < -0.39 is 0 Å². The first-order valence-corrected chi connectivity index (χ1v) is 8.36. The van der Waals surface area contributed by atoms with Crippen LogP contribution in [0.25, 0.3) is 0 Å². The summed E-state index contributed by atoms with van der Waals surface area (Å²) >= 11 is 0. The SMILES string of the molecule is CCCN(/C=C(/C#N)C(=O)NC(C)c1ccc(OC)cc1)CCC. The van der Waals surface area contributed by atoms with Crippen molar-refractivity contribution in [2.45, 2.75) is 39.7 Å². The van der Waals surface area contributed by atoms with Crippen LogP contribution in [-0.4, -0.2) is 31.0 Å². The minimum atomic E-state index is -0.349. The summed E-state index contributed by atoms with van der Waals surface area (Å²) in [5.74, 6) is 0.419. The van der Waals surface area contributed by atoms with Crippen LogP contribution in [-0.2, 0) is 4.79 Å². The molecule has 1 aromatic carbocycles. The summed E-state index contributed by atoms with van der Waals surface area (Å²) in [4.78, 5) is 14.4. The molecule has 1 aromatic rings. The lowest BCUT2D eigenvalue weighted by Crippen LogP contribution is -2.29. The van der Waals surface area contributed by atoms with Gasteiger partial charge < -0.3 is 15.0 Å². The van der Waals surface area contributed by atoms with Gasteiger partial charge in [0.05, 0.1) is 13.2 Å². The molecule has 1 unspecified atom stereocenters. The molecule has 1 amide bonds. The Hall–Kier alpha value is -2.48. The number of nitriles is 1. The van der Waals surface area contributed by atoms with Gasteiger partial charge in [-0.3, -0.25) is 4.79 Å². The smallest absolute Gasteiger partial charge is 0.263 e. The zero-order chi connectivity index (χ0) is 17.9. The number of hydrogen-bond acceptors (Lipinski definition) is 4. The second-order valence-corrected chi connectivity index (χ2v) is 5.66. The summed E-state index contributed by atoms with van der Waals surface area (Å²) in [5, 5.41) is 12.2.